The fraction of sp³-hybridized carbons (Fsp3) is 0.833. The zero-order valence-corrected chi connectivity index (χ0v) is 24.1. The highest BCUT2D eigenvalue weighted by molar-refractivity contribution is 5.71. The number of hydrogen-bond donors (Lipinski definition) is 3. The maximum atomic E-state index is 11.9. The van der Waals surface area contributed by atoms with Crippen LogP contribution in [0, 0.1) is 17.8 Å². The molecule has 0 spiro atoms. The summed E-state index contributed by atoms with van der Waals surface area (Å²) in [6.07, 6.45) is 18.5. The van der Waals surface area contributed by atoms with Crippen molar-refractivity contribution in [2.24, 2.45) is 17.8 Å². The van der Waals surface area contributed by atoms with Gasteiger partial charge in [-0.25, -0.2) is 0 Å². The van der Waals surface area contributed by atoms with Crippen molar-refractivity contribution in [3.63, 3.8) is 0 Å². The topological polar surface area (TPSA) is 112 Å². The third-order valence-corrected chi connectivity index (χ3v) is 7.74. The van der Waals surface area contributed by atoms with Crippen LogP contribution in [0.1, 0.15) is 118 Å². The summed E-state index contributed by atoms with van der Waals surface area (Å²) in [6, 6.07) is 0. The third kappa shape index (κ3) is 15.8. The minimum absolute atomic E-state index is 0.248. The van der Waals surface area contributed by atoms with Crippen molar-refractivity contribution in [1.82, 2.24) is 0 Å². The summed E-state index contributed by atoms with van der Waals surface area (Å²) in [7, 11) is 0. The fourth-order valence-electron chi connectivity index (χ4n) is 5.21. The minimum atomic E-state index is -0.895. The minimum Gasteiger partial charge on any atom is -0.481 e. The fourth-order valence-corrected chi connectivity index (χ4v) is 5.21. The molecule has 0 radical (unpaired) electrons. The largest absolute Gasteiger partial charge is 0.481 e. The van der Waals surface area contributed by atoms with E-state index in [-0.39, 0.29) is 24.1 Å². The van der Waals surface area contributed by atoms with Crippen LogP contribution in [0.5, 0.6) is 0 Å². The molecule has 7 nitrogen and oxygen atoms in total. The molecule has 0 aromatic rings. The van der Waals surface area contributed by atoms with Crippen LogP contribution < -0.4 is 0 Å². The van der Waals surface area contributed by atoms with Gasteiger partial charge in [-0.2, -0.15) is 0 Å². The Labute approximate surface area is 225 Å². The van der Waals surface area contributed by atoms with Crippen molar-refractivity contribution in [2.45, 2.75) is 118 Å². The first-order valence-electron chi connectivity index (χ1n) is 14.8. The molecule has 0 rings (SSSR count). The van der Waals surface area contributed by atoms with Crippen molar-refractivity contribution in [2.75, 3.05) is 26.2 Å². The summed E-state index contributed by atoms with van der Waals surface area (Å²) in [6.45, 7) is 9.17. The molecule has 7 heteroatoms. The van der Waals surface area contributed by atoms with E-state index in [9.17, 15) is 29.7 Å². The molecule has 3 unspecified atom stereocenters. The van der Waals surface area contributed by atoms with Gasteiger partial charge in [0.2, 0.25) is 0 Å². The molecule has 216 valence electrons. The summed E-state index contributed by atoms with van der Waals surface area (Å²) in [4.78, 5) is 35.8. The summed E-state index contributed by atoms with van der Waals surface area (Å²) in [5.41, 5.74) is 0. The van der Waals surface area contributed by atoms with Crippen molar-refractivity contribution in [1.29, 1.82) is 0 Å². The maximum Gasteiger partial charge on any atom is 0.312 e. The number of carboxylic acid groups (broad SMARTS) is 3. The molecule has 0 saturated heterocycles. The lowest BCUT2D eigenvalue weighted by atomic mass is 9.95. The SMILES string of the molecule is CCCCCCC/C=C/CCCCCC[N+](CC(CC)C(=O)O)(CC(CC)C(=O)O)CC(CC)C(=O)O. The first-order valence-corrected chi connectivity index (χ1v) is 14.8. The van der Waals surface area contributed by atoms with Gasteiger partial charge in [-0.15, -0.1) is 0 Å². The number of nitrogens with zero attached hydrogens (tertiary/aromatic N) is 1. The quantitative estimate of drug-likeness (QED) is 0.0670. The standard InChI is InChI=1S/C30H55NO6/c1-5-9-10-11-12-13-14-15-16-17-18-19-20-21-31(22-25(6-2)28(32)33,23-26(7-3)29(34)35)24-27(8-4)30(36)37/h14-15,25-27H,5-13,16-24H2,1-4H3,(H2-,32,33,34,35,36,37)/p+1/b15-14+. The van der Waals surface area contributed by atoms with Crippen LogP contribution in [0.3, 0.4) is 0 Å². The highest BCUT2D eigenvalue weighted by Crippen LogP contribution is 2.25. The summed E-state index contributed by atoms with van der Waals surface area (Å²) < 4.78 is 0.248. The lowest BCUT2D eigenvalue weighted by Crippen LogP contribution is -2.58. The van der Waals surface area contributed by atoms with Gasteiger partial charge in [0.15, 0.2) is 0 Å². The molecule has 0 aliphatic carbocycles. The Balaban J connectivity index is 5.19. The van der Waals surface area contributed by atoms with Gasteiger partial charge < -0.3 is 19.8 Å². The average molecular weight is 527 g/mol. The van der Waals surface area contributed by atoms with E-state index in [1.165, 1.54) is 32.1 Å². The van der Waals surface area contributed by atoms with Gasteiger partial charge in [-0.1, -0.05) is 72.0 Å². The van der Waals surface area contributed by atoms with Crippen LogP contribution in [-0.4, -0.2) is 63.9 Å². The van der Waals surface area contributed by atoms with Gasteiger partial charge in [-0.3, -0.25) is 14.4 Å². The molecular formula is C30H56NO6+. The molecule has 0 aromatic heterocycles. The number of unbranched alkanes of at least 4 members (excludes halogenated alkanes) is 9. The van der Waals surface area contributed by atoms with Crippen molar-refractivity contribution >= 4 is 17.9 Å². The number of carbonyl (C=O) groups is 3. The van der Waals surface area contributed by atoms with Crippen LogP contribution in [-0.2, 0) is 14.4 Å². The van der Waals surface area contributed by atoms with Crippen molar-refractivity contribution in [3.8, 4) is 0 Å². The van der Waals surface area contributed by atoms with Gasteiger partial charge in [-0.05, 0) is 57.8 Å². The van der Waals surface area contributed by atoms with E-state index < -0.39 is 35.7 Å². The molecular weight excluding hydrogens is 470 g/mol. The molecule has 0 aliphatic heterocycles. The monoisotopic (exact) mass is 526 g/mol. The molecule has 3 atom stereocenters. The number of allylic oxidation sites excluding steroid dienone is 2. The predicted molar refractivity (Wildman–Crippen MR) is 150 cm³/mol. The zero-order valence-electron chi connectivity index (χ0n) is 24.1. The highest BCUT2D eigenvalue weighted by Gasteiger charge is 2.40. The first kappa shape index (κ1) is 35.1. The second-order valence-corrected chi connectivity index (χ2v) is 10.8. The number of carboxylic acids is 3. The molecule has 0 aromatic carbocycles. The van der Waals surface area contributed by atoms with Crippen LogP contribution in [0.25, 0.3) is 0 Å². The Bertz CT molecular complexity index is 603. The first-order chi connectivity index (χ1) is 17.7. The Kier molecular flexibility index (Phi) is 20.0. The molecule has 0 aliphatic rings. The van der Waals surface area contributed by atoms with Gasteiger partial charge in [0.05, 0.1) is 26.2 Å². The Morgan fingerprint density at radius 2 is 0.919 bits per heavy atom. The van der Waals surface area contributed by atoms with E-state index in [0.717, 1.165) is 38.5 Å². The predicted octanol–water partition coefficient (Wildman–Crippen LogP) is 7.00. The van der Waals surface area contributed by atoms with Gasteiger partial charge in [0.25, 0.3) is 0 Å². The van der Waals surface area contributed by atoms with E-state index in [1.54, 1.807) is 0 Å². The normalized spacial score (nSPS) is 15.8. The lowest BCUT2D eigenvalue weighted by molar-refractivity contribution is -0.935. The summed E-state index contributed by atoms with van der Waals surface area (Å²) in [5.74, 6) is -4.55. The van der Waals surface area contributed by atoms with Crippen LogP contribution >= 0.6 is 0 Å². The maximum absolute atomic E-state index is 11.9. The van der Waals surface area contributed by atoms with Crippen molar-refractivity contribution < 1.29 is 34.2 Å². The third-order valence-electron chi connectivity index (χ3n) is 7.74. The average Bonchev–Trinajstić information content (AvgIpc) is 2.86. The van der Waals surface area contributed by atoms with Gasteiger partial charge in [0.1, 0.15) is 17.8 Å². The molecule has 0 amide bonds. The lowest BCUT2D eigenvalue weighted by Gasteiger charge is -2.43. The van der Waals surface area contributed by atoms with E-state index in [0.29, 0.717) is 25.8 Å². The number of aliphatic carboxylic acids is 3. The molecule has 0 fully saturated rings. The number of rotatable bonds is 25. The number of quaternary nitrogens is 1. The Morgan fingerprint density at radius 1 is 0.568 bits per heavy atom. The van der Waals surface area contributed by atoms with E-state index in [1.807, 2.05) is 20.8 Å². The molecule has 0 heterocycles. The molecule has 0 bridgehead atoms. The molecule has 0 saturated carbocycles. The Morgan fingerprint density at radius 3 is 1.24 bits per heavy atom. The Hall–Kier alpha value is -1.89. The second-order valence-electron chi connectivity index (χ2n) is 10.8. The molecule has 3 N–H and O–H groups in total. The van der Waals surface area contributed by atoms with E-state index >= 15 is 0 Å². The van der Waals surface area contributed by atoms with E-state index in [4.69, 9.17) is 0 Å². The summed E-state index contributed by atoms with van der Waals surface area (Å²) >= 11 is 0. The highest BCUT2D eigenvalue weighted by atomic mass is 16.4. The van der Waals surface area contributed by atoms with Crippen LogP contribution in [0.2, 0.25) is 0 Å². The van der Waals surface area contributed by atoms with E-state index in [2.05, 4.69) is 19.1 Å². The van der Waals surface area contributed by atoms with Gasteiger partial charge >= 0.3 is 17.9 Å². The second kappa shape index (κ2) is 21.1. The van der Waals surface area contributed by atoms with Crippen LogP contribution in [0.15, 0.2) is 12.2 Å². The van der Waals surface area contributed by atoms with Crippen molar-refractivity contribution in [3.05, 3.63) is 12.2 Å². The van der Waals surface area contributed by atoms with Gasteiger partial charge in [0, 0.05) is 0 Å². The summed E-state index contributed by atoms with van der Waals surface area (Å²) in [5, 5.41) is 29.3. The number of hydrogen-bond acceptors (Lipinski definition) is 3. The smallest absolute Gasteiger partial charge is 0.312 e. The molecule has 37 heavy (non-hydrogen) atoms. The van der Waals surface area contributed by atoms with Crippen LogP contribution in [0.4, 0.5) is 0 Å². The zero-order chi connectivity index (χ0) is 28.1.